The van der Waals surface area contributed by atoms with Crippen molar-refractivity contribution in [3.63, 3.8) is 0 Å². The number of piperidine rings is 1. The molecule has 8 N–H and O–H groups in total. The summed E-state index contributed by atoms with van der Waals surface area (Å²) < 4.78 is 44.6. The average molecular weight is 777 g/mol. The number of benzene rings is 2. The number of aryl methyl sites for hydroxylation is 3. The van der Waals surface area contributed by atoms with Crippen LogP contribution in [0.5, 0.6) is 5.75 Å². The number of rotatable bonds is 7. The summed E-state index contributed by atoms with van der Waals surface area (Å²) in [6.45, 7) is 9.49. The van der Waals surface area contributed by atoms with Gasteiger partial charge in [-0.1, -0.05) is 25.3 Å². The monoisotopic (exact) mass is 776 g/mol. The second-order valence-electron chi connectivity index (χ2n) is 14.5. The molecule has 2 fully saturated rings. The number of likely N-dealkylation sites (tertiary alicyclic amines) is 1. The Morgan fingerprint density at radius 1 is 1.11 bits per heavy atom. The van der Waals surface area contributed by atoms with Gasteiger partial charge in [0.15, 0.2) is 5.82 Å². The number of carbonyl (C=O) groups is 1. The molecule has 14 nitrogen and oxygen atoms in total. The van der Waals surface area contributed by atoms with Crippen molar-refractivity contribution in [1.82, 2.24) is 34.2 Å². The average Bonchev–Trinajstić information content (AvgIpc) is 3.68. The molecule has 1 saturated heterocycles. The van der Waals surface area contributed by atoms with Crippen LogP contribution >= 0.6 is 0 Å². The smallest absolute Gasteiger partial charge is 0.416 e. The van der Waals surface area contributed by atoms with E-state index in [0.29, 0.717) is 48.8 Å². The minimum atomic E-state index is -4.64. The molecular formula is C39H47F3N10O4. The van der Waals surface area contributed by atoms with Crippen molar-refractivity contribution in [2.45, 2.75) is 63.2 Å². The van der Waals surface area contributed by atoms with E-state index in [9.17, 15) is 28.2 Å². The number of aliphatic hydroxyl groups is 1. The fourth-order valence-corrected chi connectivity index (χ4v) is 8.38. The maximum absolute atomic E-state index is 15.0. The number of aromatic nitrogens is 6. The van der Waals surface area contributed by atoms with Crippen LogP contribution in [0.15, 0.2) is 83.3 Å². The summed E-state index contributed by atoms with van der Waals surface area (Å²) in [5.41, 5.74) is 11.1. The first kappa shape index (κ1) is 39.7. The van der Waals surface area contributed by atoms with Gasteiger partial charge in [0.1, 0.15) is 11.5 Å². The van der Waals surface area contributed by atoms with Crippen LogP contribution in [0.1, 0.15) is 49.4 Å². The van der Waals surface area contributed by atoms with Gasteiger partial charge in [-0.25, -0.2) is 4.68 Å². The molecule has 3 aliphatic rings. The number of hydrogen-bond acceptors (Lipinski definition) is 9. The predicted octanol–water partition coefficient (Wildman–Crippen LogP) is 5.01. The fourth-order valence-electron chi connectivity index (χ4n) is 8.38. The molecule has 3 heterocycles. The standard InChI is InChI=1S/C38H42F3N9O4.CH5N/c1-20(43-27-10-8-25(17-31(27)51)38(39,40)41)18-50-36(54)32-28(45-48(5)34(46-50)23-6-7-24-19-47(4)44-29(24)16-23)12-13-37(32)14-15-49(30-11-9-26(30)37)35(53)21(2)33(52)22(3)42;1-2/h6-8,10,16-17,19,26,30,43,45,51-52H,1-2,9,11-15,18,42H2,3-5H3;2H2,1H3/b33-22+,46-34?;. The van der Waals surface area contributed by atoms with E-state index in [1.54, 1.807) is 21.3 Å². The Morgan fingerprint density at radius 3 is 2.48 bits per heavy atom. The minimum absolute atomic E-state index is 0.0185. The van der Waals surface area contributed by atoms with Gasteiger partial charge >= 0.3 is 6.18 Å². The van der Waals surface area contributed by atoms with Gasteiger partial charge in [0.05, 0.1) is 28.9 Å². The van der Waals surface area contributed by atoms with Gasteiger partial charge in [0.2, 0.25) is 0 Å². The number of nitrogens with zero attached hydrogens (tertiary/aromatic N) is 6. The maximum Gasteiger partial charge on any atom is 0.416 e. The first-order chi connectivity index (χ1) is 26.5. The Balaban J connectivity index is 0.00000262. The molecule has 1 aliphatic heterocycles. The van der Waals surface area contributed by atoms with Crippen LogP contribution in [0.4, 0.5) is 18.9 Å². The number of anilines is 1. The Kier molecular flexibility index (Phi) is 10.6. The molecule has 3 atom stereocenters. The van der Waals surface area contributed by atoms with E-state index in [1.165, 1.54) is 18.7 Å². The molecule has 1 saturated carbocycles. The summed E-state index contributed by atoms with van der Waals surface area (Å²) in [6.07, 6.45) is 0.441. The number of allylic oxidation sites excluding steroid dienone is 2. The molecule has 298 valence electrons. The summed E-state index contributed by atoms with van der Waals surface area (Å²) in [7, 11) is 5.13. The molecule has 0 radical (unpaired) electrons. The van der Waals surface area contributed by atoms with E-state index in [2.05, 4.69) is 34.4 Å². The SMILES string of the molecule is C=C(Cn1nc(-c2ccc3cn(C)nc3c2)n(C)[nH]c2c(c1=O)C1(CC2)CCN(C(=O)C(=C)/C(O)=C(/C)N)C2CCC21)Nc1ccc(C(F)(F)F)cc1O.CN. The van der Waals surface area contributed by atoms with E-state index in [4.69, 9.17) is 10.8 Å². The number of phenols is 1. The van der Waals surface area contributed by atoms with Crippen molar-refractivity contribution in [3.8, 4) is 17.1 Å². The third-order valence-electron chi connectivity index (χ3n) is 11.1. The van der Waals surface area contributed by atoms with Crippen LogP contribution in [0.3, 0.4) is 0 Å². The molecule has 56 heavy (non-hydrogen) atoms. The maximum atomic E-state index is 15.0. The topological polar surface area (TPSA) is 198 Å². The number of amides is 1. The van der Waals surface area contributed by atoms with Gasteiger partial charge in [-0.2, -0.15) is 18.3 Å². The lowest BCUT2D eigenvalue weighted by molar-refractivity contribution is -0.140. The normalized spacial score (nSPS) is 20.2. The van der Waals surface area contributed by atoms with Gasteiger partial charge in [0.25, 0.3) is 11.5 Å². The number of H-pyrrole nitrogens is 1. The number of nitrogens with one attached hydrogen (secondary N) is 2. The number of aromatic hydroxyl groups is 1. The first-order valence-corrected chi connectivity index (χ1v) is 18.1. The summed E-state index contributed by atoms with van der Waals surface area (Å²) in [4.78, 5) is 30.3. The Labute approximate surface area is 320 Å². The molecule has 0 bridgehead atoms. The lowest BCUT2D eigenvalue weighted by Gasteiger charge is -2.57. The van der Waals surface area contributed by atoms with Gasteiger partial charge in [-0.3, -0.25) is 19.0 Å². The van der Waals surface area contributed by atoms with E-state index < -0.39 is 28.8 Å². The molecule has 2 aromatic heterocycles. The van der Waals surface area contributed by atoms with Gasteiger partial charge < -0.3 is 37.0 Å². The Morgan fingerprint density at radius 2 is 1.84 bits per heavy atom. The summed E-state index contributed by atoms with van der Waals surface area (Å²) in [5, 5.41) is 37.5. The fraction of sp³-hybridized carbons (Fsp3) is 0.385. The molecule has 1 amide bonds. The minimum Gasteiger partial charge on any atom is -0.506 e. The van der Waals surface area contributed by atoms with Gasteiger partial charge in [-0.15, -0.1) is 5.10 Å². The molecule has 4 aromatic rings. The molecular weight excluding hydrogens is 729 g/mol. The van der Waals surface area contributed by atoms with Gasteiger partial charge in [-0.05, 0) is 76.3 Å². The lowest BCUT2D eigenvalue weighted by Crippen LogP contribution is -2.63. The van der Waals surface area contributed by atoms with Crippen molar-refractivity contribution in [3.05, 3.63) is 106 Å². The summed E-state index contributed by atoms with van der Waals surface area (Å²) >= 11 is 0. The molecule has 1 spiro atoms. The molecule has 2 aliphatic carbocycles. The zero-order chi connectivity index (χ0) is 40.9. The van der Waals surface area contributed by atoms with Crippen molar-refractivity contribution in [2.24, 2.45) is 31.5 Å². The zero-order valence-corrected chi connectivity index (χ0v) is 31.7. The van der Waals surface area contributed by atoms with E-state index in [0.717, 1.165) is 41.6 Å². The highest BCUT2D eigenvalue weighted by Crippen LogP contribution is 2.56. The Bertz CT molecular complexity index is 2380. The van der Waals surface area contributed by atoms with Crippen LogP contribution in [0.25, 0.3) is 22.3 Å². The second-order valence-corrected chi connectivity index (χ2v) is 14.5. The summed E-state index contributed by atoms with van der Waals surface area (Å²) in [6, 6.07) is 8.04. The number of carbonyl (C=O) groups excluding carboxylic acids is 1. The zero-order valence-electron chi connectivity index (χ0n) is 31.7. The predicted molar refractivity (Wildman–Crippen MR) is 207 cm³/mol. The molecule has 3 unspecified atom stereocenters. The second kappa shape index (κ2) is 14.9. The lowest BCUT2D eigenvalue weighted by atomic mass is 9.56. The van der Waals surface area contributed by atoms with Crippen molar-refractivity contribution in [2.75, 3.05) is 18.9 Å². The van der Waals surface area contributed by atoms with Crippen molar-refractivity contribution < 1.29 is 28.2 Å². The molecule has 17 heteroatoms. The van der Waals surface area contributed by atoms with Gasteiger partial charge in [0, 0.05) is 71.9 Å². The van der Waals surface area contributed by atoms with E-state index in [-0.39, 0.29) is 52.5 Å². The first-order valence-electron chi connectivity index (χ1n) is 18.1. The number of hydrogen-bond donors (Lipinski definition) is 6. The van der Waals surface area contributed by atoms with Crippen molar-refractivity contribution in [1.29, 1.82) is 0 Å². The van der Waals surface area contributed by atoms with Crippen molar-refractivity contribution >= 4 is 22.5 Å². The van der Waals surface area contributed by atoms with E-state index in [1.807, 2.05) is 31.4 Å². The Hall–Kier alpha value is -5.97. The number of nitrogens with two attached hydrogens (primary N) is 2. The molecule has 7 rings (SSSR count). The molecule has 2 aromatic carbocycles. The van der Waals surface area contributed by atoms with Crippen LogP contribution in [0.2, 0.25) is 0 Å². The number of halogens is 3. The largest absolute Gasteiger partial charge is 0.506 e. The highest BCUT2D eigenvalue weighted by atomic mass is 19.4. The van der Waals surface area contributed by atoms with Crippen LogP contribution in [-0.4, -0.2) is 70.0 Å². The number of aromatic amines is 1. The highest BCUT2D eigenvalue weighted by Gasteiger charge is 2.58. The third-order valence-corrected chi connectivity index (χ3v) is 11.1. The number of aliphatic hydroxyl groups excluding tert-OH is 1. The summed E-state index contributed by atoms with van der Waals surface area (Å²) in [5.74, 6) is -1.03. The van der Waals surface area contributed by atoms with Crippen LogP contribution < -0.4 is 22.3 Å². The van der Waals surface area contributed by atoms with Crippen LogP contribution in [-0.2, 0) is 43.4 Å². The van der Waals surface area contributed by atoms with E-state index >= 15 is 4.79 Å². The highest BCUT2D eigenvalue weighted by molar-refractivity contribution is 5.97. The number of phenolic OH excluding ortho intramolecular Hbond substituents is 1. The number of fused-ring (bicyclic) bond motifs is 5. The number of alkyl halides is 3. The quantitative estimate of drug-likeness (QED) is 0.0647. The van der Waals surface area contributed by atoms with Crippen LogP contribution in [0, 0.1) is 5.92 Å². The third kappa shape index (κ3) is 7.02.